The number of nitrogens with one attached hydrogen (secondary N) is 1. The number of carbonyl (C=O) groups excluding carboxylic acids is 1. The molecule has 1 rings (SSSR count). The SMILES string of the molecule is Cc1cc(C(=O)NC(C)CBr)ccc1F. The molecule has 1 aromatic carbocycles. The van der Waals surface area contributed by atoms with E-state index in [2.05, 4.69) is 21.2 Å². The Hall–Kier alpha value is -0.900. The van der Waals surface area contributed by atoms with Crippen molar-refractivity contribution < 1.29 is 9.18 Å². The van der Waals surface area contributed by atoms with Crippen LogP contribution >= 0.6 is 15.9 Å². The van der Waals surface area contributed by atoms with Crippen molar-refractivity contribution in [3.63, 3.8) is 0 Å². The van der Waals surface area contributed by atoms with Gasteiger partial charge in [-0.2, -0.15) is 0 Å². The van der Waals surface area contributed by atoms with Crippen LogP contribution in [0.3, 0.4) is 0 Å². The van der Waals surface area contributed by atoms with Gasteiger partial charge in [-0.05, 0) is 37.6 Å². The number of aryl methyl sites for hydroxylation is 1. The van der Waals surface area contributed by atoms with E-state index in [0.29, 0.717) is 16.5 Å². The van der Waals surface area contributed by atoms with E-state index in [1.807, 2.05) is 6.92 Å². The van der Waals surface area contributed by atoms with E-state index in [-0.39, 0.29) is 17.8 Å². The van der Waals surface area contributed by atoms with E-state index in [1.165, 1.54) is 12.1 Å². The molecule has 1 atom stereocenters. The van der Waals surface area contributed by atoms with Crippen LogP contribution in [0.5, 0.6) is 0 Å². The number of rotatable bonds is 3. The number of hydrogen-bond donors (Lipinski definition) is 1. The molecule has 82 valence electrons. The van der Waals surface area contributed by atoms with Crippen LogP contribution in [0.15, 0.2) is 18.2 Å². The molecular weight excluding hydrogens is 261 g/mol. The molecule has 0 heterocycles. The molecule has 0 bridgehead atoms. The van der Waals surface area contributed by atoms with E-state index in [1.54, 1.807) is 13.0 Å². The first-order chi connectivity index (χ1) is 7.04. The van der Waals surface area contributed by atoms with Crippen LogP contribution in [0.2, 0.25) is 0 Å². The van der Waals surface area contributed by atoms with Gasteiger partial charge >= 0.3 is 0 Å². The molecule has 0 aliphatic carbocycles. The third-order valence-corrected chi connectivity index (χ3v) is 3.00. The van der Waals surface area contributed by atoms with Crippen molar-refractivity contribution in [3.05, 3.63) is 35.1 Å². The van der Waals surface area contributed by atoms with Crippen molar-refractivity contribution in [1.29, 1.82) is 0 Å². The lowest BCUT2D eigenvalue weighted by atomic mass is 10.1. The predicted octanol–water partition coefficient (Wildman–Crippen LogP) is 2.65. The Balaban J connectivity index is 2.78. The molecule has 1 unspecified atom stereocenters. The number of hydrogen-bond acceptors (Lipinski definition) is 1. The zero-order valence-electron chi connectivity index (χ0n) is 8.68. The lowest BCUT2D eigenvalue weighted by Gasteiger charge is -2.10. The zero-order valence-corrected chi connectivity index (χ0v) is 10.3. The van der Waals surface area contributed by atoms with E-state index in [9.17, 15) is 9.18 Å². The van der Waals surface area contributed by atoms with Gasteiger partial charge in [-0.1, -0.05) is 15.9 Å². The molecular formula is C11H13BrFNO. The third kappa shape index (κ3) is 3.30. The molecule has 0 aromatic heterocycles. The van der Waals surface area contributed by atoms with Gasteiger partial charge in [0.1, 0.15) is 5.82 Å². The lowest BCUT2D eigenvalue weighted by molar-refractivity contribution is 0.0944. The minimum atomic E-state index is -0.292. The standard InChI is InChI=1S/C11H13BrFNO/c1-7-5-9(3-4-10(7)13)11(15)14-8(2)6-12/h3-5,8H,6H2,1-2H3,(H,14,15). The van der Waals surface area contributed by atoms with Gasteiger partial charge in [-0.3, -0.25) is 4.79 Å². The van der Waals surface area contributed by atoms with Crippen LogP contribution in [0.1, 0.15) is 22.8 Å². The summed E-state index contributed by atoms with van der Waals surface area (Å²) in [4.78, 5) is 11.6. The summed E-state index contributed by atoms with van der Waals surface area (Å²) in [6.07, 6.45) is 0. The molecule has 1 N–H and O–H groups in total. The summed E-state index contributed by atoms with van der Waals surface area (Å²) < 4.78 is 13.0. The highest BCUT2D eigenvalue weighted by Gasteiger charge is 2.09. The highest BCUT2D eigenvalue weighted by Crippen LogP contribution is 2.09. The molecule has 0 aliphatic heterocycles. The number of benzene rings is 1. The summed E-state index contributed by atoms with van der Waals surface area (Å²) >= 11 is 3.27. The fraction of sp³-hybridized carbons (Fsp3) is 0.364. The van der Waals surface area contributed by atoms with Gasteiger partial charge in [0.05, 0.1) is 0 Å². The molecule has 1 aromatic rings. The van der Waals surface area contributed by atoms with Gasteiger partial charge in [0.15, 0.2) is 0 Å². The molecule has 0 fully saturated rings. The Labute approximate surface area is 97.0 Å². The first kappa shape index (κ1) is 12.2. The fourth-order valence-electron chi connectivity index (χ4n) is 1.13. The Morgan fingerprint density at radius 2 is 2.27 bits per heavy atom. The Morgan fingerprint density at radius 3 is 2.80 bits per heavy atom. The molecule has 4 heteroatoms. The second kappa shape index (κ2) is 5.26. The van der Waals surface area contributed by atoms with Gasteiger partial charge in [0.2, 0.25) is 0 Å². The van der Waals surface area contributed by atoms with Crippen LogP contribution in [0, 0.1) is 12.7 Å². The first-order valence-corrected chi connectivity index (χ1v) is 5.79. The average Bonchev–Trinajstić information content (AvgIpc) is 2.21. The van der Waals surface area contributed by atoms with Gasteiger partial charge in [-0.15, -0.1) is 0 Å². The Bertz CT molecular complexity index is 368. The van der Waals surface area contributed by atoms with Crippen molar-refractivity contribution >= 4 is 21.8 Å². The van der Waals surface area contributed by atoms with Crippen LogP contribution in [0.4, 0.5) is 4.39 Å². The van der Waals surface area contributed by atoms with Gasteiger partial charge < -0.3 is 5.32 Å². The van der Waals surface area contributed by atoms with Crippen LogP contribution in [-0.4, -0.2) is 17.3 Å². The van der Waals surface area contributed by atoms with Crippen LogP contribution in [0.25, 0.3) is 0 Å². The molecule has 0 spiro atoms. The molecule has 2 nitrogen and oxygen atoms in total. The minimum Gasteiger partial charge on any atom is -0.349 e. The molecule has 1 amide bonds. The summed E-state index contributed by atoms with van der Waals surface area (Å²) in [7, 11) is 0. The van der Waals surface area contributed by atoms with Crippen LogP contribution in [-0.2, 0) is 0 Å². The maximum atomic E-state index is 13.0. The van der Waals surface area contributed by atoms with E-state index >= 15 is 0 Å². The highest BCUT2D eigenvalue weighted by atomic mass is 79.9. The average molecular weight is 274 g/mol. The monoisotopic (exact) mass is 273 g/mol. The summed E-state index contributed by atoms with van der Waals surface area (Å²) in [6.45, 7) is 3.53. The Kier molecular flexibility index (Phi) is 4.27. The Morgan fingerprint density at radius 1 is 1.60 bits per heavy atom. The van der Waals surface area contributed by atoms with Crippen molar-refractivity contribution in [2.75, 3.05) is 5.33 Å². The van der Waals surface area contributed by atoms with E-state index in [0.717, 1.165) is 0 Å². The summed E-state index contributed by atoms with van der Waals surface area (Å²) in [6, 6.07) is 4.40. The normalized spacial score (nSPS) is 12.3. The van der Waals surface area contributed by atoms with Crippen molar-refractivity contribution in [1.82, 2.24) is 5.32 Å². The maximum absolute atomic E-state index is 13.0. The first-order valence-electron chi connectivity index (χ1n) is 4.67. The van der Waals surface area contributed by atoms with Gasteiger partial charge in [0.25, 0.3) is 5.91 Å². The number of halogens is 2. The molecule has 0 saturated heterocycles. The smallest absolute Gasteiger partial charge is 0.251 e. The number of amides is 1. The van der Waals surface area contributed by atoms with Gasteiger partial charge in [-0.25, -0.2) is 4.39 Å². The molecule has 0 radical (unpaired) electrons. The predicted molar refractivity (Wildman–Crippen MR) is 61.9 cm³/mol. The molecule has 0 aliphatic rings. The van der Waals surface area contributed by atoms with Crippen molar-refractivity contribution in [3.8, 4) is 0 Å². The molecule has 15 heavy (non-hydrogen) atoms. The topological polar surface area (TPSA) is 29.1 Å². The maximum Gasteiger partial charge on any atom is 0.251 e. The van der Waals surface area contributed by atoms with Crippen LogP contribution < -0.4 is 5.32 Å². The second-order valence-electron chi connectivity index (χ2n) is 3.49. The fourth-order valence-corrected chi connectivity index (χ4v) is 1.29. The van der Waals surface area contributed by atoms with Crippen molar-refractivity contribution in [2.45, 2.75) is 19.9 Å². The largest absolute Gasteiger partial charge is 0.349 e. The van der Waals surface area contributed by atoms with Gasteiger partial charge in [0, 0.05) is 16.9 Å². The third-order valence-electron chi connectivity index (χ3n) is 2.03. The molecule has 0 saturated carbocycles. The summed E-state index contributed by atoms with van der Waals surface area (Å²) in [5, 5.41) is 3.48. The lowest BCUT2D eigenvalue weighted by Crippen LogP contribution is -2.33. The highest BCUT2D eigenvalue weighted by molar-refractivity contribution is 9.09. The zero-order chi connectivity index (χ0) is 11.4. The number of alkyl halides is 1. The quantitative estimate of drug-likeness (QED) is 0.843. The summed E-state index contributed by atoms with van der Waals surface area (Å²) in [5.41, 5.74) is 0.968. The van der Waals surface area contributed by atoms with E-state index < -0.39 is 0 Å². The minimum absolute atomic E-state index is 0.0582. The van der Waals surface area contributed by atoms with Crippen molar-refractivity contribution in [2.24, 2.45) is 0 Å². The summed E-state index contributed by atoms with van der Waals surface area (Å²) in [5.74, 6) is -0.467. The number of carbonyl (C=O) groups is 1. The van der Waals surface area contributed by atoms with E-state index in [4.69, 9.17) is 0 Å². The second-order valence-corrected chi connectivity index (χ2v) is 4.14.